The number of hydrogen-bond donors (Lipinski definition) is 2. The number of imidazole rings is 1. The number of anilines is 3. The Morgan fingerprint density at radius 3 is 2.52 bits per heavy atom. The van der Waals surface area contributed by atoms with E-state index in [0.29, 0.717) is 23.4 Å². The van der Waals surface area contributed by atoms with Crippen molar-refractivity contribution in [3.8, 4) is 0 Å². The first-order valence-electron chi connectivity index (χ1n) is 9.67. The molecule has 2 heterocycles. The molecule has 27 heavy (non-hydrogen) atoms. The van der Waals surface area contributed by atoms with Crippen LogP contribution >= 0.6 is 0 Å². The summed E-state index contributed by atoms with van der Waals surface area (Å²) >= 11 is 0. The van der Waals surface area contributed by atoms with E-state index >= 15 is 0 Å². The lowest BCUT2D eigenvalue weighted by Gasteiger charge is -2.38. The number of benzene rings is 1. The Kier molecular flexibility index (Phi) is 4.52. The Morgan fingerprint density at radius 2 is 1.81 bits per heavy atom. The second kappa shape index (κ2) is 6.85. The fourth-order valence-corrected chi connectivity index (χ4v) is 4.01. The Hall–Kier alpha value is -2.60. The lowest BCUT2D eigenvalue weighted by Crippen LogP contribution is -2.39. The summed E-state index contributed by atoms with van der Waals surface area (Å²) in [6.45, 7) is 6.33. The van der Waals surface area contributed by atoms with Crippen molar-refractivity contribution in [3.05, 3.63) is 47.3 Å². The third-order valence-corrected chi connectivity index (χ3v) is 5.91. The van der Waals surface area contributed by atoms with Gasteiger partial charge in [-0.3, -0.25) is 0 Å². The summed E-state index contributed by atoms with van der Waals surface area (Å²) in [5.74, 6) is 0.904. The molecule has 0 unspecified atom stereocenters. The summed E-state index contributed by atoms with van der Waals surface area (Å²) < 4.78 is 1.78. The maximum Gasteiger partial charge on any atom is 0.177 e. The molecule has 4 rings (SSSR count). The standard InChI is InChI=1S/C21H28N6/c1-13-4-7-18(12-14(13)2)27(17-8-5-16(22)6-9-17)20-15(3)19(23)21-24-10-11-26(21)25-20/h4,7,10-12,16-17H,5-6,8-9,22-23H2,1-3H3. The van der Waals surface area contributed by atoms with Crippen LogP contribution < -0.4 is 16.4 Å². The highest BCUT2D eigenvalue weighted by Gasteiger charge is 2.29. The van der Waals surface area contributed by atoms with E-state index in [1.54, 1.807) is 10.7 Å². The molecule has 0 aliphatic heterocycles. The van der Waals surface area contributed by atoms with Gasteiger partial charge in [-0.15, -0.1) is 5.10 Å². The zero-order valence-electron chi connectivity index (χ0n) is 16.3. The Labute approximate surface area is 160 Å². The van der Waals surface area contributed by atoms with E-state index in [1.165, 1.54) is 11.1 Å². The molecule has 0 bridgehead atoms. The predicted octanol–water partition coefficient (Wildman–Crippen LogP) is 3.64. The van der Waals surface area contributed by atoms with Gasteiger partial charge >= 0.3 is 0 Å². The van der Waals surface area contributed by atoms with Crippen LogP contribution in [-0.2, 0) is 0 Å². The van der Waals surface area contributed by atoms with Crippen LogP contribution in [0.25, 0.3) is 5.65 Å². The fourth-order valence-electron chi connectivity index (χ4n) is 4.01. The largest absolute Gasteiger partial charge is 0.395 e. The van der Waals surface area contributed by atoms with Crippen LogP contribution in [0.3, 0.4) is 0 Å². The van der Waals surface area contributed by atoms with Gasteiger partial charge in [0.05, 0.1) is 5.69 Å². The lowest BCUT2D eigenvalue weighted by atomic mass is 9.90. The molecule has 2 aromatic heterocycles. The molecule has 6 heteroatoms. The summed E-state index contributed by atoms with van der Waals surface area (Å²) in [4.78, 5) is 6.71. The molecule has 0 radical (unpaired) electrons. The van der Waals surface area contributed by atoms with Crippen molar-refractivity contribution in [1.82, 2.24) is 14.6 Å². The quantitative estimate of drug-likeness (QED) is 0.741. The molecule has 0 spiro atoms. The number of nitrogens with zero attached hydrogens (tertiary/aromatic N) is 4. The predicted molar refractivity (Wildman–Crippen MR) is 110 cm³/mol. The smallest absolute Gasteiger partial charge is 0.177 e. The Balaban J connectivity index is 1.87. The van der Waals surface area contributed by atoms with Gasteiger partial charge in [0, 0.05) is 35.7 Å². The minimum atomic E-state index is 0.304. The summed E-state index contributed by atoms with van der Waals surface area (Å²) in [5.41, 5.74) is 18.7. The van der Waals surface area contributed by atoms with Crippen LogP contribution in [-0.4, -0.2) is 26.7 Å². The number of fused-ring (bicyclic) bond motifs is 1. The van der Waals surface area contributed by atoms with Crippen molar-refractivity contribution >= 4 is 22.8 Å². The molecule has 142 valence electrons. The van der Waals surface area contributed by atoms with Gasteiger partial charge in [0.2, 0.25) is 0 Å². The molecular formula is C21H28N6. The van der Waals surface area contributed by atoms with Crippen molar-refractivity contribution < 1.29 is 0 Å². The van der Waals surface area contributed by atoms with Crippen molar-refractivity contribution in [1.29, 1.82) is 0 Å². The number of nitrogen functional groups attached to an aromatic ring is 1. The zero-order chi connectivity index (χ0) is 19.1. The minimum absolute atomic E-state index is 0.304. The normalized spacial score (nSPS) is 20.1. The highest BCUT2D eigenvalue weighted by molar-refractivity contribution is 5.76. The van der Waals surface area contributed by atoms with E-state index in [0.717, 1.165) is 42.8 Å². The van der Waals surface area contributed by atoms with Gasteiger partial charge in [0.25, 0.3) is 0 Å². The monoisotopic (exact) mass is 364 g/mol. The van der Waals surface area contributed by atoms with E-state index in [1.807, 2.05) is 13.1 Å². The molecule has 3 aromatic rings. The van der Waals surface area contributed by atoms with Crippen molar-refractivity contribution in [2.24, 2.45) is 5.73 Å². The number of aromatic nitrogens is 3. The van der Waals surface area contributed by atoms with Gasteiger partial charge in [-0.25, -0.2) is 9.50 Å². The molecule has 1 aromatic carbocycles. The zero-order valence-corrected chi connectivity index (χ0v) is 16.3. The molecule has 1 aliphatic rings. The van der Waals surface area contributed by atoms with Gasteiger partial charge in [-0.1, -0.05) is 6.07 Å². The van der Waals surface area contributed by atoms with Crippen molar-refractivity contribution in [2.75, 3.05) is 10.6 Å². The summed E-state index contributed by atoms with van der Waals surface area (Å²) in [7, 11) is 0. The third-order valence-electron chi connectivity index (χ3n) is 5.91. The number of nitrogens with two attached hydrogens (primary N) is 2. The first kappa shape index (κ1) is 17.8. The molecular weight excluding hydrogens is 336 g/mol. The average Bonchev–Trinajstić information content (AvgIpc) is 3.12. The second-order valence-electron chi connectivity index (χ2n) is 7.76. The van der Waals surface area contributed by atoms with Crippen LogP contribution in [0, 0.1) is 20.8 Å². The Bertz CT molecular complexity index is 968. The molecule has 4 N–H and O–H groups in total. The summed E-state index contributed by atoms with van der Waals surface area (Å²) in [6, 6.07) is 7.28. The van der Waals surface area contributed by atoms with Crippen molar-refractivity contribution in [3.63, 3.8) is 0 Å². The molecule has 1 saturated carbocycles. The number of rotatable bonds is 3. The first-order chi connectivity index (χ1) is 13.0. The van der Waals surface area contributed by atoms with Gasteiger partial charge in [-0.2, -0.15) is 0 Å². The van der Waals surface area contributed by atoms with E-state index < -0.39 is 0 Å². The van der Waals surface area contributed by atoms with Crippen LogP contribution in [0.1, 0.15) is 42.4 Å². The van der Waals surface area contributed by atoms with E-state index in [2.05, 4.69) is 41.9 Å². The highest BCUT2D eigenvalue weighted by atomic mass is 15.3. The first-order valence-corrected chi connectivity index (χ1v) is 9.67. The van der Waals surface area contributed by atoms with Gasteiger partial charge in [-0.05, 0) is 69.7 Å². The van der Waals surface area contributed by atoms with Crippen LogP contribution in [0.5, 0.6) is 0 Å². The molecule has 1 aliphatic carbocycles. The topological polar surface area (TPSA) is 85.5 Å². The van der Waals surface area contributed by atoms with E-state index in [-0.39, 0.29) is 0 Å². The van der Waals surface area contributed by atoms with Crippen molar-refractivity contribution in [2.45, 2.75) is 58.5 Å². The minimum Gasteiger partial charge on any atom is -0.395 e. The molecule has 0 saturated heterocycles. The van der Waals surface area contributed by atoms with Crippen LogP contribution in [0.2, 0.25) is 0 Å². The van der Waals surface area contributed by atoms with E-state index in [4.69, 9.17) is 16.6 Å². The maximum atomic E-state index is 6.42. The molecule has 6 nitrogen and oxygen atoms in total. The fraction of sp³-hybridized carbons (Fsp3) is 0.429. The molecule has 0 atom stereocenters. The van der Waals surface area contributed by atoms with Gasteiger partial charge in [0.15, 0.2) is 11.5 Å². The van der Waals surface area contributed by atoms with Crippen LogP contribution in [0.4, 0.5) is 17.2 Å². The average molecular weight is 364 g/mol. The highest BCUT2D eigenvalue weighted by Crippen LogP contribution is 2.37. The summed E-state index contributed by atoms with van der Waals surface area (Å²) in [6.07, 6.45) is 7.77. The molecule has 0 amide bonds. The van der Waals surface area contributed by atoms with Gasteiger partial charge < -0.3 is 16.4 Å². The van der Waals surface area contributed by atoms with Gasteiger partial charge in [0.1, 0.15) is 0 Å². The summed E-state index contributed by atoms with van der Waals surface area (Å²) in [5, 5.41) is 4.89. The SMILES string of the molecule is Cc1ccc(N(c2nn3ccnc3c(N)c2C)C2CCC(N)CC2)cc1C. The molecule has 1 fully saturated rings. The lowest BCUT2D eigenvalue weighted by molar-refractivity contribution is 0.389. The van der Waals surface area contributed by atoms with Crippen LogP contribution in [0.15, 0.2) is 30.6 Å². The number of aryl methyl sites for hydroxylation is 2. The number of hydrogen-bond acceptors (Lipinski definition) is 5. The maximum absolute atomic E-state index is 6.42. The Morgan fingerprint density at radius 1 is 1.07 bits per heavy atom. The second-order valence-corrected chi connectivity index (χ2v) is 7.76. The van der Waals surface area contributed by atoms with E-state index in [9.17, 15) is 0 Å². The third kappa shape index (κ3) is 3.14.